The number of amides is 2. The Morgan fingerprint density at radius 1 is 1.53 bits per heavy atom. The Morgan fingerprint density at radius 3 is 2.67 bits per heavy atom. The number of aromatic nitrogens is 1. The zero-order valence-corrected chi connectivity index (χ0v) is 9.41. The van der Waals surface area contributed by atoms with E-state index in [9.17, 15) is 4.79 Å². The van der Waals surface area contributed by atoms with Crippen LogP contribution in [0.3, 0.4) is 0 Å². The molecule has 0 aromatic carbocycles. The maximum Gasteiger partial charge on any atom is 0.317 e. The highest BCUT2D eigenvalue weighted by molar-refractivity contribution is 5.73. The van der Waals surface area contributed by atoms with Gasteiger partial charge in [0.1, 0.15) is 11.5 Å². The van der Waals surface area contributed by atoms with Crippen LogP contribution in [0.15, 0.2) is 10.6 Å². The molecular weight excluding hydrogens is 194 g/mol. The SMILES string of the molecule is CCN(CC)C(=O)NCc1cc(C)on1. The van der Waals surface area contributed by atoms with E-state index in [4.69, 9.17) is 4.52 Å². The van der Waals surface area contributed by atoms with Crippen molar-refractivity contribution in [3.8, 4) is 0 Å². The minimum Gasteiger partial charge on any atom is -0.361 e. The van der Waals surface area contributed by atoms with Crippen molar-refractivity contribution in [3.05, 3.63) is 17.5 Å². The van der Waals surface area contributed by atoms with Gasteiger partial charge in [-0.05, 0) is 20.8 Å². The van der Waals surface area contributed by atoms with Crippen molar-refractivity contribution in [2.45, 2.75) is 27.3 Å². The molecule has 2 amide bonds. The van der Waals surface area contributed by atoms with Crippen LogP contribution in [0.2, 0.25) is 0 Å². The summed E-state index contributed by atoms with van der Waals surface area (Å²) in [6.07, 6.45) is 0. The molecule has 84 valence electrons. The third kappa shape index (κ3) is 3.27. The average Bonchev–Trinajstić information content (AvgIpc) is 2.63. The fourth-order valence-electron chi connectivity index (χ4n) is 1.29. The summed E-state index contributed by atoms with van der Waals surface area (Å²) in [6, 6.07) is 1.74. The highest BCUT2D eigenvalue weighted by Gasteiger charge is 2.09. The van der Waals surface area contributed by atoms with Gasteiger partial charge in [-0.15, -0.1) is 0 Å². The second-order valence-corrected chi connectivity index (χ2v) is 3.26. The fourth-order valence-corrected chi connectivity index (χ4v) is 1.29. The quantitative estimate of drug-likeness (QED) is 0.821. The lowest BCUT2D eigenvalue weighted by Gasteiger charge is -2.18. The summed E-state index contributed by atoms with van der Waals surface area (Å²) in [4.78, 5) is 13.3. The summed E-state index contributed by atoms with van der Waals surface area (Å²) in [5, 5.41) is 6.57. The van der Waals surface area contributed by atoms with Crippen molar-refractivity contribution in [2.24, 2.45) is 0 Å². The molecule has 1 aromatic heterocycles. The van der Waals surface area contributed by atoms with Gasteiger partial charge in [0.15, 0.2) is 0 Å². The lowest BCUT2D eigenvalue weighted by molar-refractivity contribution is 0.202. The lowest BCUT2D eigenvalue weighted by Crippen LogP contribution is -2.39. The van der Waals surface area contributed by atoms with Crippen LogP contribution in [0.25, 0.3) is 0 Å². The summed E-state index contributed by atoms with van der Waals surface area (Å²) in [5.74, 6) is 0.752. The van der Waals surface area contributed by atoms with Gasteiger partial charge in [0.25, 0.3) is 0 Å². The van der Waals surface area contributed by atoms with Gasteiger partial charge in [-0.3, -0.25) is 0 Å². The first kappa shape index (κ1) is 11.6. The van der Waals surface area contributed by atoms with E-state index in [2.05, 4.69) is 10.5 Å². The lowest BCUT2D eigenvalue weighted by atomic mass is 10.4. The predicted molar refractivity (Wildman–Crippen MR) is 56.4 cm³/mol. The van der Waals surface area contributed by atoms with Crippen LogP contribution in [0.5, 0.6) is 0 Å². The Morgan fingerprint density at radius 2 is 2.20 bits per heavy atom. The van der Waals surface area contributed by atoms with E-state index in [1.807, 2.05) is 26.8 Å². The van der Waals surface area contributed by atoms with E-state index in [1.54, 1.807) is 4.90 Å². The number of carbonyl (C=O) groups is 1. The van der Waals surface area contributed by atoms with Gasteiger partial charge in [-0.2, -0.15) is 0 Å². The van der Waals surface area contributed by atoms with E-state index >= 15 is 0 Å². The van der Waals surface area contributed by atoms with E-state index in [0.717, 1.165) is 11.5 Å². The molecule has 0 saturated heterocycles. The molecule has 1 rings (SSSR count). The molecule has 0 radical (unpaired) electrons. The molecule has 0 fully saturated rings. The number of hydrogen-bond donors (Lipinski definition) is 1. The van der Waals surface area contributed by atoms with E-state index in [1.165, 1.54) is 0 Å². The van der Waals surface area contributed by atoms with Crippen molar-refractivity contribution in [1.29, 1.82) is 0 Å². The summed E-state index contributed by atoms with van der Waals surface area (Å²) in [7, 11) is 0. The predicted octanol–water partition coefficient (Wildman–Crippen LogP) is 1.53. The van der Waals surface area contributed by atoms with Gasteiger partial charge in [-0.25, -0.2) is 4.79 Å². The molecule has 0 aliphatic carbocycles. The summed E-state index contributed by atoms with van der Waals surface area (Å²) in [6.45, 7) is 7.54. The molecule has 0 aliphatic heterocycles. The van der Waals surface area contributed by atoms with Crippen LogP contribution in [0.4, 0.5) is 4.79 Å². The molecule has 15 heavy (non-hydrogen) atoms. The molecule has 0 aliphatic rings. The van der Waals surface area contributed by atoms with Crippen molar-refractivity contribution in [3.63, 3.8) is 0 Å². The highest BCUT2D eigenvalue weighted by Crippen LogP contribution is 2.01. The first-order valence-corrected chi connectivity index (χ1v) is 5.12. The number of aryl methyl sites for hydroxylation is 1. The molecule has 0 atom stereocenters. The molecule has 1 heterocycles. The molecule has 5 heteroatoms. The third-order valence-corrected chi connectivity index (χ3v) is 2.15. The Balaban J connectivity index is 2.40. The van der Waals surface area contributed by atoms with E-state index in [-0.39, 0.29) is 6.03 Å². The Kier molecular flexibility index (Phi) is 4.15. The normalized spacial score (nSPS) is 10.1. The summed E-state index contributed by atoms with van der Waals surface area (Å²) >= 11 is 0. The number of urea groups is 1. The third-order valence-electron chi connectivity index (χ3n) is 2.15. The number of nitrogens with one attached hydrogen (secondary N) is 1. The maximum atomic E-state index is 11.5. The second kappa shape index (κ2) is 5.38. The van der Waals surface area contributed by atoms with Crippen LogP contribution in [-0.4, -0.2) is 29.2 Å². The van der Waals surface area contributed by atoms with Gasteiger partial charge in [0.2, 0.25) is 0 Å². The van der Waals surface area contributed by atoms with Crippen LogP contribution in [0.1, 0.15) is 25.3 Å². The minimum absolute atomic E-state index is 0.0688. The van der Waals surface area contributed by atoms with Crippen molar-refractivity contribution < 1.29 is 9.32 Å². The van der Waals surface area contributed by atoms with Gasteiger partial charge in [0, 0.05) is 19.2 Å². The number of carbonyl (C=O) groups excluding carboxylic acids is 1. The standard InChI is InChI=1S/C10H17N3O2/c1-4-13(5-2)10(14)11-7-9-6-8(3)15-12-9/h6H,4-5,7H2,1-3H3,(H,11,14). The van der Waals surface area contributed by atoms with Crippen LogP contribution >= 0.6 is 0 Å². The monoisotopic (exact) mass is 211 g/mol. The van der Waals surface area contributed by atoms with Crippen LogP contribution < -0.4 is 5.32 Å². The van der Waals surface area contributed by atoms with Crippen LogP contribution in [-0.2, 0) is 6.54 Å². The average molecular weight is 211 g/mol. The van der Waals surface area contributed by atoms with Gasteiger partial charge in [0.05, 0.1) is 6.54 Å². The van der Waals surface area contributed by atoms with Gasteiger partial charge < -0.3 is 14.7 Å². The largest absolute Gasteiger partial charge is 0.361 e. The zero-order chi connectivity index (χ0) is 11.3. The molecule has 0 bridgehead atoms. The molecule has 0 unspecified atom stereocenters. The Bertz CT molecular complexity index is 318. The topological polar surface area (TPSA) is 58.4 Å². The van der Waals surface area contributed by atoms with E-state index in [0.29, 0.717) is 19.6 Å². The summed E-state index contributed by atoms with van der Waals surface area (Å²) in [5.41, 5.74) is 0.744. The van der Waals surface area contributed by atoms with Gasteiger partial charge in [-0.1, -0.05) is 5.16 Å². The van der Waals surface area contributed by atoms with Gasteiger partial charge >= 0.3 is 6.03 Å². The molecular formula is C10H17N3O2. The van der Waals surface area contributed by atoms with Crippen molar-refractivity contribution in [2.75, 3.05) is 13.1 Å². The van der Waals surface area contributed by atoms with Crippen molar-refractivity contribution in [1.82, 2.24) is 15.4 Å². The highest BCUT2D eigenvalue weighted by atomic mass is 16.5. The zero-order valence-electron chi connectivity index (χ0n) is 9.41. The maximum absolute atomic E-state index is 11.5. The first-order valence-electron chi connectivity index (χ1n) is 5.12. The fraction of sp³-hybridized carbons (Fsp3) is 0.600. The number of nitrogens with zero attached hydrogens (tertiary/aromatic N) is 2. The molecule has 5 nitrogen and oxygen atoms in total. The first-order chi connectivity index (χ1) is 7.17. The second-order valence-electron chi connectivity index (χ2n) is 3.26. The molecule has 0 saturated carbocycles. The Labute approximate surface area is 89.4 Å². The van der Waals surface area contributed by atoms with Crippen LogP contribution in [0, 0.1) is 6.92 Å². The number of hydrogen-bond acceptors (Lipinski definition) is 3. The van der Waals surface area contributed by atoms with Crippen molar-refractivity contribution >= 4 is 6.03 Å². The molecule has 0 spiro atoms. The Hall–Kier alpha value is -1.52. The van der Waals surface area contributed by atoms with E-state index < -0.39 is 0 Å². The smallest absolute Gasteiger partial charge is 0.317 e. The molecule has 1 aromatic rings. The summed E-state index contributed by atoms with van der Waals surface area (Å²) < 4.78 is 4.90. The number of rotatable bonds is 4. The molecule has 1 N–H and O–H groups in total. The minimum atomic E-state index is -0.0688.